The van der Waals surface area contributed by atoms with Crippen molar-refractivity contribution in [1.82, 2.24) is 14.9 Å². The molecule has 0 aromatic carbocycles. The molecule has 1 amide bonds. The van der Waals surface area contributed by atoms with Crippen LogP contribution in [0.25, 0.3) is 0 Å². The van der Waals surface area contributed by atoms with E-state index < -0.39 is 0 Å². The lowest BCUT2D eigenvalue weighted by molar-refractivity contribution is 0.0784. The Bertz CT molecular complexity index is 583. The zero-order valence-corrected chi connectivity index (χ0v) is 11.0. The molecule has 0 aliphatic carbocycles. The first-order valence-electron chi connectivity index (χ1n) is 5.94. The Kier molecular flexibility index (Phi) is 3.75. The summed E-state index contributed by atoms with van der Waals surface area (Å²) in [5.41, 5.74) is 8.36. The summed E-state index contributed by atoms with van der Waals surface area (Å²) in [6.45, 7) is 2.30. The van der Waals surface area contributed by atoms with Crippen LogP contribution in [0.5, 0.6) is 0 Å². The van der Waals surface area contributed by atoms with Crippen LogP contribution in [0, 0.1) is 6.92 Å². The van der Waals surface area contributed by atoms with Crippen LogP contribution in [0.3, 0.4) is 0 Å². The number of rotatable bonds is 3. The topological polar surface area (TPSA) is 72.1 Å². The molecule has 0 radical (unpaired) electrons. The Morgan fingerprint density at radius 1 is 1.42 bits per heavy atom. The summed E-state index contributed by atoms with van der Waals surface area (Å²) < 4.78 is 0. The van der Waals surface area contributed by atoms with Crippen molar-refractivity contribution in [3.05, 3.63) is 53.6 Å². The number of amides is 1. The Hall–Kier alpha value is -2.43. The Balaban J connectivity index is 2.17. The minimum Gasteiger partial charge on any atom is -0.397 e. The number of aromatic nitrogens is 2. The molecule has 0 aliphatic rings. The van der Waals surface area contributed by atoms with Crippen molar-refractivity contribution in [3.63, 3.8) is 0 Å². The third-order valence-corrected chi connectivity index (χ3v) is 2.83. The average molecular weight is 256 g/mol. The summed E-state index contributed by atoms with van der Waals surface area (Å²) in [5.74, 6) is -0.0962. The van der Waals surface area contributed by atoms with E-state index in [0.29, 0.717) is 23.5 Å². The molecule has 0 saturated heterocycles. The van der Waals surface area contributed by atoms with Crippen LogP contribution in [-0.4, -0.2) is 27.8 Å². The molecule has 2 aromatic heterocycles. The number of nitrogen functional groups attached to an aromatic ring is 1. The van der Waals surface area contributed by atoms with Crippen LogP contribution >= 0.6 is 0 Å². The normalized spacial score (nSPS) is 10.2. The van der Waals surface area contributed by atoms with Gasteiger partial charge in [0.15, 0.2) is 0 Å². The van der Waals surface area contributed by atoms with Gasteiger partial charge in [-0.15, -0.1) is 0 Å². The van der Waals surface area contributed by atoms with Gasteiger partial charge in [-0.2, -0.15) is 0 Å². The lowest BCUT2D eigenvalue weighted by atomic mass is 10.1. The summed E-state index contributed by atoms with van der Waals surface area (Å²) in [6.07, 6.45) is 5.00. The van der Waals surface area contributed by atoms with Crippen LogP contribution in [0.4, 0.5) is 5.69 Å². The van der Waals surface area contributed by atoms with Crippen LogP contribution < -0.4 is 5.73 Å². The number of nitrogens with two attached hydrogens (primary N) is 1. The zero-order chi connectivity index (χ0) is 13.8. The molecule has 98 valence electrons. The molecule has 0 spiro atoms. The van der Waals surface area contributed by atoms with Gasteiger partial charge in [0, 0.05) is 26.0 Å². The SMILES string of the molecule is Cc1ncc(N)cc1C(=O)N(C)Cc1cccnc1. The highest BCUT2D eigenvalue weighted by Gasteiger charge is 2.15. The Morgan fingerprint density at radius 3 is 2.89 bits per heavy atom. The molecule has 5 nitrogen and oxygen atoms in total. The lowest BCUT2D eigenvalue weighted by Gasteiger charge is -2.18. The van der Waals surface area contributed by atoms with Gasteiger partial charge in [0.25, 0.3) is 5.91 Å². The van der Waals surface area contributed by atoms with E-state index in [9.17, 15) is 4.79 Å². The van der Waals surface area contributed by atoms with Gasteiger partial charge in [0.2, 0.25) is 0 Å². The van der Waals surface area contributed by atoms with E-state index in [1.807, 2.05) is 12.1 Å². The van der Waals surface area contributed by atoms with Crippen LogP contribution in [0.15, 0.2) is 36.8 Å². The average Bonchev–Trinajstić information content (AvgIpc) is 2.42. The molecular weight excluding hydrogens is 240 g/mol. The van der Waals surface area contributed by atoms with Crippen LogP contribution in [-0.2, 0) is 6.54 Å². The summed E-state index contributed by atoms with van der Waals surface area (Å²) in [5, 5.41) is 0. The van der Waals surface area contributed by atoms with E-state index in [2.05, 4.69) is 9.97 Å². The number of hydrogen-bond donors (Lipinski definition) is 1. The first kappa shape index (κ1) is 13.0. The summed E-state index contributed by atoms with van der Waals surface area (Å²) >= 11 is 0. The second-order valence-corrected chi connectivity index (χ2v) is 4.42. The summed E-state index contributed by atoms with van der Waals surface area (Å²) in [7, 11) is 1.75. The second-order valence-electron chi connectivity index (χ2n) is 4.42. The minimum atomic E-state index is -0.0962. The highest BCUT2D eigenvalue weighted by molar-refractivity contribution is 5.95. The molecule has 0 aliphatic heterocycles. The molecule has 2 rings (SSSR count). The number of aryl methyl sites for hydroxylation is 1. The molecular formula is C14H16N4O. The lowest BCUT2D eigenvalue weighted by Crippen LogP contribution is -2.27. The smallest absolute Gasteiger partial charge is 0.255 e. The van der Waals surface area contributed by atoms with Gasteiger partial charge in [-0.25, -0.2) is 0 Å². The number of carbonyl (C=O) groups excluding carboxylic acids is 1. The van der Waals surface area contributed by atoms with Crippen LogP contribution in [0.2, 0.25) is 0 Å². The van der Waals surface area contributed by atoms with Crippen molar-refractivity contribution < 1.29 is 4.79 Å². The van der Waals surface area contributed by atoms with Gasteiger partial charge >= 0.3 is 0 Å². The van der Waals surface area contributed by atoms with E-state index in [0.717, 1.165) is 5.56 Å². The maximum atomic E-state index is 12.3. The molecule has 5 heteroatoms. The molecule has 2 heterocycles. The quantitative estimate of drug-likeness (QED) is 0.906. The second kappa shape index (κ2) is 5.48. The van der Waals surface area contributed by atoms with Gasteiger partial charge in [-0.05, 0) is 24.6 Å². The first-order valence-corrected chi connectivity index (χ1v) is 5.94. The Morgan fingerprint density at radius 2 is 2.21 bits per heavy atom. The molecule has 0 saturated carbocycles. The fourth-order valence-electron chi connectivity index (χ4n) is 1.81. The van der Waals surface area contributed by atoms with E-state index in [1.165, 1.54) is 0 Å². The minimum absolute atomic E-state index is 0.0962. The van der Waals surface area contributed by atoms with E-state index >= 15 is 0 Å². The van der Waals surface area contributed by atoms with E-state index in [1.54, 1.807) is 43.5 Å². The van der Waals surface area contributed by atoms with Gasteiger partial charge < -0.3 is 10.6 Å². The number of nitrogens with zero attached hydrogens (tertiary/aromatic N) is 3. The van der Waals surface area contributed by atoms with Gasteiger partial charge in [-0.3, -0.25) is 14.8 Å². The number of hydrogen-bond acceptors (Lipinski definition) is 4. The maximum Gasteiger partial charge on any atom is 0.255 e. The predicted molar refractivity (Wildman–Crippen MR) is 73.4 cm³/mol. The molecule has 19 heavy (non-hydrogen) atoms. The van der Waals surface area contributed by atoms with Crippen molar-refractivity contribution in [2.45, 2.75) is 13.5 Å². The predicted octanol–water partition coefficient (Wildman–Crippen LogP) is 1.64. The highest BCUT2D eigenvalue weighted by atomic mass is 16.2. The fourth-order valence-corrected chi connectivity index (χ4v) is 1.81. The van der Waals surface area contributed by atoms with E-state index in [4.69, 9.17) is 5.73 Å². The molecule has 0 fully saturated rings. The van der Waals surface area contributed by atoms with Gasteiger partial charge in [-0.1, -0.05) is 6.07 Å². The fraction of sp³-hybridized carbons (Fsp3) is 0.214. The highest BCUT2D eigenvalue weighted by Crippen LogP contribution is 2.13. The molecule has 0 unspecified atom stereocenters. The summed E-state index contributed by atoms with van der Waals surface area (Å²) in [6, 6.07) is 5.44. The van der Waals surface area contributed by atoms with Gasteiger partial charge in [0.05, 0.1) is 23.1 Å². The molecule has 0 bridgehead atoms. The number of carbonyl (C=O) groups is 1. The van der Waals surface area contributed by atoms with Gasteiger partial charge in [0.1, 0.15) is 0 Å². The zero-order valence-electron chi connectivity index (χ0n) is 11.0. The van der Waals surface area contributed by atoms with Crippen molar-refractivity contribution in [1.29, 1.82) is 0 Å². The third kappa shape index (κ3) is 3.07. The Labute approximate surface area is 112 Å². The standard InChI is InChI=1S/C14H16N4O/c1-10-13(6-12(15)8-17-10)14(19)18(2)9-11-4-3-5-16-7-11/h3-8H,9,15H2,1-2H3. The van der Waals surface area contributed by atoms with Crippen molar-refractivity contribution in [3.8, 4) is 0 Å². The monoisotopic (exact) mass is 256 g/mol. The molecule has 2 aromatic rings. The van der Waals surface area contributed by atoms with E-state index in [-0.39, 0.29) is 5.91 Å². The van der Waals surface area contributed by atoms with Crippen molar-refractivity contribution >= 4 is 11.6 Å². The van der Waals surface area contributed by atoms with Crippen molar-refractivity contribution in [2.24, 2.45) is 0 Å². The largest absolute Gasteiger partial charge is 0.397 e. The molecule has 0 atom stereocenters. The van der Waals surface area contributed by atoms with Crippen molar-refractivity contribution in [2.75, 3.05) is 12.8 Å². The maximum absolute atomic E-state index is 12.3. The molecule has 2 N–H and O–H groups in total. The third-order valence-electron chi connectivity index (χ3n) is 2.83. The number of anilines is 1. The summed E-state index contributed by atoms with van der Waals surface area (Å²) in [4.78, 5) is 22.1. The van der Waals surface area contributed by atoms with Crippen LogP contribution in [0.1, 0.15) is 21.6 Å². The number of pyridine rings is 2. The first-order chi connectivity index (χ1) is 9.08.